The standard InChI is InChI=1S/C19H27ClN2O/c1-21(2)17-6-5-13-22(14-17)18(23)19(11-3-4-12-19)15-7-9-16(20)10-8-15/h7-10,17H,3-6,11-14H2,1-2H3. The number of nitrogens with zero attached hydrogens (tertiary/aromatic N) is 2. The molecule has 1 aliphatic carbocycles. The Kier molecular flexibility index (Phi) is 4.98. The second-order valence-electron chi connectivity index (χ2n) is 7.31. The monoisotopic (exact) mass is 334 g/mol. The number of halogens is 1. The number of likely N-dealkylation sites (N-methyl/N-ethyl adjacent to an activating group) is 1. The maximum atomic E-state index is 13.5. The molecule has 1 atom stereocenters. The van der Waals surface area contributed by atoms with Gasteiger partial charge >= 0.3 is 0 Å². The first-order valence-electron chi connectivity index (χ1n) is 8.75. The molecule has 0 N–H and O–H groups in total. The predicted octanol–water partition coefficient (Wildman–Crippen LogP) is 3.70. The van der Waals surface area contributed by atoms with E-state index in [0.717, 1.165) is 55.8 Å². The second-order valence-corrected chi connectivity index (χ2v) is 7.74. The van der Waals surface area contributed by atoms with Crippen LogP contribution in [0.25, 0.3) is 0 Å². The Morgan fingerprint density at radius 3 is 2.43 bits per heavy atom. The number of piperidine rings is 1. The van der Waals surface area contributed by atoms with Crippen molar-refractivity contribution in [2.24, 2.45) is 0 Å². The zero-order chi connectivity index (χ0) is 16.4. The number of carbonyl (C=O) groups is 1. The van der Waals surface area contributed by atoms with Gasteiger partial charge in [0.05, 0.1) is 5.41 Å². The van der Waals surface area contributed by atoms with Crippen molar-refractivity contribution in [2.75, 3.05) is 27.2 Å². The van der Waals surface area contributed by atoms with E-state index in [0.29, 0.717) is 11.9 Å². The summed E-state index contributed by atoms with van der Waals surface area (Å²) in [4.78, 5) is 17.8. The number of benzene rings is 1. The first-order chi connectivity index (χ1) is 11.0. The summed E-state index contributed by atoms with van der Waals surface area (Å²) in [6.45, 7) is 1.76. The van der Waals surface area contributed by atoms with Crippen LogP contribution in [-0.2, 0) is 10.2 Å². The number of hydrogen-bond acceptors (Lipinski definition) is 2. The van der Waals surface area contributed by atoms with Crippen molar-refractivity contribution in [3.63, 3.8) is 0 Å². The van der Waals surface area contributed by atoms with Crippen LogP contribution in [0.3, 0.4) is 0 Å². The minimum Gasteiger partial charge on any atom is -0.340 e. The fraction of sp³-hybridized carbons (Fsp3) is 0.632. The van der Waals surface area contributed by atoms with Gasteiger partial charge in [-0.15, -0.1) is 0 Å². The molecule has 1 aromatic carbocycles. The zero-order valence-electron chi connectivity index (χ0n) is 14.2. The van der Waals surface area contributed by atoms with Crippen LogP contribution in [0.15, 0.2) is 24.3 Å². The number of hydrogen-bond donors (Lipinski definition) is 0. The summed E-state index contributed by atoms with van der Waals surface area (Å²) in [5.74, 6) is 0.337. The van der Waals surface area contributed by atoms with Crippen LogP contribution >= 0.6 is 11.6 Å². The molecule has 23 heavy (non-hydrogen) atoms. The van der Waals surface area contributed by atoms with E-state index >= 15 is 0 Å². The van der Waals surface area contributed by atoms with E-state index < -0.39 is 0 Å². The molecular formula is C19H27ClN2O. The molecule has 4 heteroatoms. The number of amides is 1. The summed E-state index contributed by atoms with van der Waals surface area (Å²) in [7, 11) is 4.23. The summed E-state index contributed by atoms with van der Waals surface area (Å²) in [5.41, 5.74) is 0.829. The van der Waals surface area contributed by atoms with Crippen LogP contribution in [0, 0.1) is 0 Å². The minimum absolute atomic E-state index is 0.321. The lowest BCUT2D eigenvalue weighted by Crippen LogP contribution is -2.53. The summed E-state index contributed by atoms with van der Waals surface area (Å²) in [6, 6.07) is 8.43. The van der Waals surface area contributed by atoms with E-state index in [9.17, 15) is 4.79 Å². The summed E-state index contributed by atoms with van der Waals surface area (Å²) in [5, 5.41) is 0.736. The van der Waals surface area contributed by atoms with Crippen LogP contribution in [0.4, 0.5) is 0 Å². The Balaban J connectivity index is 1.86. The molecule has 0 aromatic heterocycles. The van der Waals surface area contributed by atoms with Gasteiger partial charge in [-0.2, -0.15) is 0 Å². The van der Waals surface area contributed by atoms with Crippen molar-refractivity contribution >= 4 is 17.5 Å². The third kappa shape index (κ3) is 3.27. The van der Waals surface area contributed by atoms with Gasteiger partial charge in [0.1, 0.15) is 0 Å². The van der Waals surface area contributed by atoms with Crippen LogP contribution in [0.2, 0.25) is 5.02 Å². The lowest BCUT2D eigenvalue weighted by atomic mass is 9.77. The van der Waals surface area contributed by atoms with E-state index in [2.05, 4.69) is 36.0 Å². The molecule has 3 nitrogen and oxygen atoms in total. The Morgan fingerprint density at radius 2 is 1.83 bits per heavy atom. The van der Waals surface area contributed by atoms with Crippen LogP contribution in [-0.4, -0.2) is 48.9 Å². The third-order valence-electron chi connectivity index (χ3n) is 5.68. The SMILES string of the molecule is CN(C)C1CCCN(C(=O)C2(c3ccc(Cl)cc3)CCCC2)C1. The highest BCUT2D eigenvalue weighted by Gasteiger charge is 2.45. The quantitative estimate of drug-likeness (QED) is 0.841. The Hall–Kier alpha value is -1.06. The summed E-state index contributed by atoms with van der Waals surface area (Å²) in [6.07, 6.45) is 6.50. The molecule has 126 valence electrons. The van der Waals surface area contributed by atoms with Crippen LogP contribution < -0.4 is 0 Å². The fourth-order valence-electron chi connectivity index (χ4n) is 4.24. The molecule has 0 bridgehead atoms. The van der Waals surface area contributed by atoms with Crippen molar-refractivity contribution in [3.8, 4) is 0 Å². The Labute approximate surface area is 144 Å². The molecule has 1 amide bonds. The average molecular weight is 335 g/mol. The first kappa shape index (κ1) is 16.8. The highest BCUT2D eigenvalue weighted by Crippen LogP contribution is 2.43. The molecule has 1 saturated carbocycles. The molecule has 3 rings (SSSR count). The highest BCUT2D eigenvalue weighted by atomic mass is 35.5. The number of rotatable bonds is 3. The lowest BCUT2D eigenvalue weighted by Gasteiger charge is -2.41. The second kappa shape index (κ2) is 6.82. The maximum absolute atomic E-state index is 13.5. The molecule has 2 aliphatic rings. The van der Waals surface area contributed by atoms with E-state index in [4.69, 9.17) is 11.6 Å². The summed E-state index contributed by atoms with van der Waals surface area (Å²) >= 11 is 6.05. The average Bonchev–Trinajstić information content (AvgIpc) is 3.06. The smallest absolute Gasteiger partial charge is 0.233 e. The summed E-state index contributed by atoms with van der Waals surface area (Å²) < 4.78 is 0. The Morgan fingerprint density at radius 1 is 1.17 bits per heavy atom. The largest absolute Gasteiger partial charge is 0.340 e. The van der Waals surface area contributed by atoms with Crippen LogP contribution in [0.5, 0.6) is 0 Å². The molecule has 0 spiro atoms. The van der Waals surface area contributed by atoms with Crippen molar-refractivity contribution in [3.05, 3.63) is 34.9 Å². The lowest BCUT2D eigenvalue weighted by molar-refractivity contribution is -0.139. The van der Waals surface area contributed by atoms with Gasteiger partial charge in [0.25, 0.3) is 0 Å². The molecule has 1 aromatic rings. The van der Waals surface area contributed by atoms with Crippen LogP contribution in [0.1, 0.15) is 44.1 Å². The van der Waals surface area contributed by atoms with Crippen molar-refractivity contribution < 1.29 is 4.79 Å². The number of likely N-dealkylation sites (tertiary alicyclic amines) is 1. The normalized spacial score (nSPS) is 24.2. The molecule has 0 radical (unpaired) electrons. The highest BCUT2D eigenvalue weighted by molar-refractivity contribution is 6.30. The van der Waals surface area contributed by atoms with Gasteiger partial charge in [-0.3, -0.25) is 4.79 Å². The molecule has 1 unspecified atom stereocenters. The van der Waals surface area contributed by atoms with E-state index in [-0.39, 0.29) is 5.41 Å². The van der Waals surface area contributed by atoms with E-state index in [1.54, 1.807) is 0 Å². The molecule has 2 fully saturated rings. The molecule has 1 heterocycles. The fourth-order valence-corrected chi connectivity index (χ4v) is 4.36. The van der Waals surface area contributed by atoms with Gasteiger partial charge in [-0.25, -0.2) is 0 Å². The maximum Gasteiger partial charge on any atom is 0.233 e. The first-order valence-corrected chi connectivity index (χ1v) is 9.12. The predicted molar refractivity (Wildman–Crippen MR) is 94.9 cm³/mol. The van der Waals surface area contributed by atoms with Gasteiger partial charge in [-0.1, -0.05) is 36.6 Å². The van der Waals surface area contributed by atoms with Gasteiger partial charge < -0.3 is 9.80 Å². The van der Waals surface area contributed by atoms with Crippen molar-refractivity contribution in [1.82, 2.24) is 9.80 Å². The van der Waals surface area contributed by atoms with Gasteiger partial charge in [0.2, 0.25) is 5.91 Å². The van der Waals surface area contributed by atoms with Gasteiger partial charge in [0.15, 0.2) is 0 Å². The zero-order valence-corrected chi connectivity index (χ0v) is 15.0. The Bertz CT molecular complexity index is 549. The van der Waals surface area contributed by atoms with E-state index in [1.807, 2.05) is 12.1 Å². The third-order valence-corrected chi connectivity index (χ3v) is 5.93. The van der Waals surface area contributed by atoms with Gasteiger partial charge in [-0.05, 0) is 57.5 Å². The minimum atomic E-state index is -0.321. The number of carbonyl (C=O) groups excluding carboxylic acids is 1. The van der Waals surface area contributed by atoms with Crippen molar-refractivity contribution in [1.29, 1.82) is 0 Å². The van der Waals surface area contributed by atoms with Crippen molar-refractivity contribution in [2.45, 2.75) is 50.0 Å². The molecule has 1 saturated heterocycles. The van der Waals surface area contributed by atoms with E-state index in [1.165, 1.54) is 6.42 Å². The van der Waals surface area contributed by atoms with Gasteiger partial charge in [0, 0.05) is 24.2 Å². The topological polar surface area (TPSA) is 23.6 Å². The molecular weight excluding hydrogens is 308 g/mol. The molecule has 1 aliphatic heterocycles.